The van der Waals surface area contributed by atoms with Crippen LogP contribution in [-0.4, -0.2) is 50.6 Å². The van der Waals surface area contributed by atoms with E-state index in [-0.39, 0.29) is 29.3 Å². The van der Waals surface area contributed by atoms with Gasteiger partial charge in [-0.15, -0.1) is 0 Å². The van der Waals surface area contributed by atoms with Crippen LogP contribution in [-0.2, 0) is 11.3 Å². The monoisotopic (exact) mass is 385 g/mol. The average Bonchev–Trinajstić information content (AvgIpc) is 3.23. The maximum Gasteiger partial charge on any atom is 0.256 e. The van der Waals surface area contributed by atoms with Gasteiger partial charge in [0.05, 0.1) is 11.6 Å². The predicted octanol–water partition coefficient (Wildman–Crippen LogP) is 1.86. The SMILES string of the molecule is O=C(CCCn1cncn1)N[C@@H]1CN(C(=O)c2ccccc2F)C[C@H]1C1CC1. The Morgan fingerprint density at radius 2 is 2.04 bits per heavy atom. The highest BCUT2D eigenvalue weighted by atomic mass is 19.1. The summed E-state index contributed by atoms with van der Waals surface area (Å²) >= 11 is 0. The highest BCUT2D eigenvalue weighted by Gasteiger charge is 2.44. The van der Waals surface area contributed by atoms with E-state index in [1.807, 2.05) is 0 Å². The molecule has 4 rings (SSSR count). The molecule has 2 amide bonds. The molecule has 1 aliphatic heterocycles. The van der Waals surface area contributed by atoms with Gasteiger partial charge in [-0.3, -0.25) is 14.3 Å². The number of halogens is 1. The molecule has 2 aromatic rings. The van der Waals surface area contributed by atoms with Crippen LogP contribution in [0.4, 0.5) is 4.39 Å². The van der Waals surface area contributed by atoms with Crippen LogP contribution in [0.3, 0.4) is 0 Å². The molecule has 2 aliphatic rings. The molecule has 8 heteroatoms. The molecule has 0 unspecified atom stereocenters. The number of hydrogen-bond donors (Lipinski definition) is 1. The number of aromatic nitrogens is 3. The standard InChI is InChI=1S/C20H24FN5O2/c21-17-5-2-1-4-15(17)20(28)25-10-16(14-7-8-14)18(11-25)24-19(27)6-3-9-26-13-22-12-23-26/h1-2,4-5,12-14,16,18H,3,6-11H2,(H,24,27)/t16-,18+/m0/s1. The predicted molar refractivity (Wildman–Crippen MR) is 99.7 cm³/mol. The van der Waals surface area contributed by atoms with Crippen LogP contribution < -0.4 is 5.32 Å². The first-order valence-electron chi connectivity index (χ1n) is 9.77. The molecular formula is C20H24FN5O2. The van der Waals surface area contributed by atoms with Gasteiger partial charge >= 0.3 is 0 Å². The minimum atomic E-state index is -0.504. The Balaban J connectivity index is 1.34. The molecule has 2 heterocycles. The number of benzene rings is 1. The first kappa shape index (κ1) is 18.6. The van der Waals surface area contributed by atoms with Gasteiger partial charge < -0.3 is 10.2 Å². The van der Waals surface area contributed by atoms with E-state index in [0.717, 1.165) is 12.8 Å². The summed E-state index contributed by atoms with van der Waals surface area (Å²) in [5.74, 6) is -0.0347. The third-order valence-corrected chi connectivity index (χ3v) is 5.59. The summed E-state index contributed by atoms with van der Waals surface area (Å²) in [6.07, 6.45) is 6.43. The number of nitrogens with one attached hydrogen (secondary N) is 1. The van der Waals surface area contributed by atoms with Crippen molar-refractivity contribution < 1.29 is 14.0 Å². The van der Waals surface area contributed by atoms with E-state index in [1.54, 1.807) is 28.0 Å². The molecule has 0 bridgehead atoms. The second-order valence-electron chi connectivity index (χ2n) is 7.63. The van der Waals surface area contributed by atoms with Gasteiger partial charge in [0.25, 0.3) is 5.91 Å². The molecule has 28 heavy (non-hydrogen) atoms. The first-order chi connectivity index (χ1) is 13.6. The molecule has 7 nitrogen and oxygen atoms in total. The van der Waals surface area contributed by atoms with Crippen molar-refractivity contribution in [1.29, 1.82) is 0 Å². The van der Waals surface area contributed by atoms with Crippen LogP contribution in [0, 0.1) is 17.7 Å². The Bertz CT molecular complexity index is 837. The number of amides is 2. The first-order valence-corrected chi connectivity index (χ1v) is 9.77. The minimum absolute atomic E-state index is 0.0176. The number of likely N-dealkylation sites (tertiary alicyclic amines) is 1. The Morgan fingerprint density at radius 3 is 2.75 bits per heavy atom. The summed E-state index contributed by atoms with van der Waals surface area (Å²) in [6, 6.07) is 5.99. The van der Waals surface area contributed by atoms with Gasteiger partial charge in [0.15, 0.2) is 0 Å². The van der Waals surface area contributed by atoms with E-state index in [0.29, 0.717) is 38.4 Å². The van der Waals surface area contributed by atoms with Crippen molar-refractivity contribution in [2.75, 3.05) is 13.1 Å². The zero-order valence-electron chi connectivity index (χ0n) is 15.6. The Labute approximate surface area is 162 Å². The van der Waals surface area contributed by atoms with Crippen LogP contribution >= 0.6 is 0 Å². The van der Waals surface area contributed by atoms with E-state index in [9.17, 15) is 14.0 Å². The summed E-state index contributed by atoms with van der Waals surface area (Å²) in [5, 5.41) is 7.13. The molecule has 1 N–H and O–H groups in total. The lowest BCUT2D eigenvalue weighted by atomic mass is 9.98. The van der Waals surface area contributed by atoms with Crippen LogP contribution in [0.5, 0.6) is 0 Å². The van der Waals surface area contributed by atoms with Gasteiger partial charge in [0.2, 0.25) is 5.91 Å². The summed E-state index contributed by atoms with van der Waals surface area (Å²) in [4.78, 5) is 30.7. The summed E-state index contributed by atoms with van der Waals surface area (Å²) in [5.41, 5.74) is 0.0943. The summed E-state index contributed by atoms with van der Waals surface area (Å²) in [7, 11) is 0. The molecule has 0 radical (unpaired) electrons. The number of nitrogens with zero attached hydrogens (tertiary/aromatic N) is 4. The molecule has 1 saturated heterocycles. The van der Waals surface area contributed by atoms with Gasteiger partial charge in [-0.05, 0) is 37.3 Å². The molecule has 1 aliphatic carbocycles. The number of aryl methyl sites for hydroxylation is 1. The lowest BCUT2D eigenvalue weighted by Gasteiger charge is -2.19. The summed E-state index contributed by atoms with van der Waals surface area (Å²) < 4.78 is 15.7. The second kappa shape index (κ2) is 8.08. The van der Waals surface area contributed by atoms with E-state index in [4.69, 9.17) is 0 Å². The molecule has 1 saturated carbocycles. The molecule has 148 valence electrons. The zero-order valence-corrected chi connectivity index (χ0v) is 15.6. The van der Waals surface area contributed by atoms with Crippen LogP contribution in [0.1, 0.15) is 36.0 Å². The number of hydrogen-bond acceptors (Lipinski definition) is 4. The van der Waals surface area contributed by atoms with E-state index >= 15 is 0 Å². The lowest BCUT2D eigenvalue weighted by Crippen LogP contribution is -2.41. The van der Waals surface area contributed by atoms with Gasteiger partial charge in [0.1, 0.15) is 18.5 Å². The Morgan fingerprint density at radius 1 is 1.21 bits per heavy atom. The number of rotatable bonds is 7. The van der Waals surface area contributed by atoms with E-state index < -0.39 is 5.82 Å². The molecule has 2 atom stereocenters. The van der Waals surface area contributed by atoms with Crippen LogP contribution in [0.25, 0.3) is 0 Å². The highest BCUT2D eigenvalue weighted by molar-refractivity contribution is 5.94. The van der Waals surface area contributed by atoms with Gasteiger partial charge in [-0.1, -0.05) is 12.1 Å². The topological polar surface area (TPSA) is 80.1 Å². The van der Waals surface area contributed by atoms with Crippen LogP contribution in [0.2, 0.25) is 0 Å². The average molecular weight is 385 g/mol. The van der Waals surface area contributed by atoms with Gasteiger partial charge in [-0.2, -0.15) is 5.10 Å². The van der Waals surface area contributed by atoms with Crippen molar-refractivity contribution in [2.45, 2.75) is 38.3 Å². The fraction of sp³-hybridized carbons (Fsp3) is 0.500. The van der Waals surface area contributed by atoms with Crippen molar-refractivity contribution in [3.8, 4) is 0 Å². The van der Waals surface area contributed by atoms with E-state index in [1.165, 1.54) is 18.5 Å². The van der Waals surface area contributed by atoms with E-state index in [2.05, 4.69) is 15.4 Å². The largest absolute Gasteiger partial charge is 0.351 e. The third-order valence-electron chi connectivity index (χ3n) is 5.59. The molecule has 1 aromatic heterocycles. The van der Waals surface area contributed by atoms with Gasteiger partial charge in [0, 0.05) is 32.0 Å². The zero-order chi connectivity index (χ0) is 19.5. The molecule has 1 aromatic carbocycles. The quantitative estimate of drug-likeness (QED) is 0.789. The molecule has 2 fully saturated rings. The number of carbonyl (C=O) groups is 2. The highest BCUT2D eigenvalue weighted by Crippen LogP contribution is 2.41. The maximum absolute atomic E-state index is 14.0. The van der Waals surface area contributed by atoms with Crippen molar-refractivity contribution in [3.63, 3.8) is 0 Å². The number of carbonyl (C=O) groups excluding carboxylic acids is 2. The normalized spacial score (nSPS) is 21.7. The molecule has 0 spiro atoms. The van der Waals surface area contributed by atoms with Crippen LogP contribution in [0.15, 0.2) is 36.9 Å². The Kier molecular flexibility index (Phi) is 5.36. The van der Waals surface area contributed by atoms with Crippen molar-refractivity contribution in [2.24, 2.45) is 11.8 Å². The molecular weight excluding hydrogens is 361 g/mol. The van der Waals surface area contributed by atoms with Gasteiger partial charge in [-0.25, -0.2) is 9.37 Å². The lowest BCUT2D eigenvalue weighted by molar-refractivity contribution is -0.122. The minimum Gasteiger partial charge on any atom is -0.351 e. The Hall–Kier alpha value is -2.77. The van der Waals surface area contributed by atoms with Crippen molar-refractivity contribution in [1.82, 2.24) is 25.0 Å². The van der Waals surface area contributed by atoms with Crippen molar-refractivity contribution >= 4 is 11.8 Å². The fourth-order valence-electron chi connectivity index (χ4n) is 3.98. The second-order valence-corrected chi connectivity index (χ2v) is 7.63. The summed E-state index contributed by atoms with van der Waals surface area (Å²) in [6.45, 7) is 1.65. The third kappa shape index (κ3) is 4.21. The van der Waals surface area contributed by atoms with Crippen molar-refractivity contribution in [3.05, 3.63) is 48.3 Å². The maximum atomic E-state index is 14.0. The smallest absolute Gasteiger partial charge is 0.256 e. The fourth-order valence-corrected chi connectivity index (χ4v) is 3.98.